The van der Waals surface area contributed by atoms with E-state index in [2.05, 4.69) is 59.0 Å². The van der Waals surface area contributed by atoms with Crippen molar-refractivity contribution in [2.45, 2.75) is 13.1 Å². The molecular formula is C17H19N3S. The summed E-state index contributed by atoms with van der Waals surface area (Å²) in [6.45, 7) is 1.71. The van der Waals surface area contributed by atoms with Gasteiger partial charge >= 0.3 is 0 Å². The maximum Gasteiger partial charge on any atom is 0.133 e. The van der Waals surface area contributed by atoms with Crippen LogP contribution in [-0.2, 0) is 13.1 Å². The fourth-order valence-corrected chi connectivity index (χ4v) is 3.27. The highest BCUT2D eigenvalue weighted by Crippen LogP contribution is 2.24. The molecule has 21 heavy (non-hydrogen) atoms. The Labute approximate surface area is 129 Å². The highest BCUT2D eigenvalue weighted by molar-refractivity contribution is 7.09. The average molecular weight is 297 g/mol. The highest BCUT2D eigenvalue weighted by Gasteiger charge is 2.11. The van der Waals surface area contributed by atoms with Crippen LogP contribution in [0.3, 0.4) is 0 Å². The molecule has 108 valence electrons. The van der Waals surface area contributed by atoms with Crippen molar-refractivity contribution in [1.82, 2.24) is 10.3 Å². The summed E-state index contributed by atoms with van der Waals surface area (Å²) in [7, 11) is 4.08. The average Bonchev–Trinajstić information content (AvgIpc) is 2.99. The van der Waals surface area contributed by atoms with Gasteiger partial charge in [0.1, 0.15) is 5.82 Å². The van der Waals surface area contributed by atoms with Crippen LogP contribution < -0.4 is 10.2 Å². The highest BCUT2D eigenvalue weighted by atomic mass is 32.1. The van der Waals surface area contributed by atoms with Crippen LogP contribution in [-0.4, -0.2) is 19.1 Å². The summed E-state index contributed by atoms with van der Waals surface area (Å²) in [4.78, 5) is 8.44. The Bertz CT molecular complexity index is 722. The molecule has 0 aliphatic heterocycles. The first-order chi connectivity index (χ1) is 10.3. The van der Waals surface area contributed by atoms with Crippen LogP contribution in [0, 0.1) is 0 Å². The number of benzene rings is 1. The zero-order valence-electron chi connectivity index (χ0n) is 12.3. The number of anilines is 1. The fourth-order valence-electron chi connectivity index (χ4n) is 2.51. The van der Waals surface area contributed by atoms with E-state index in [1.54, 1.807) is 11.3 Å². The lowest BCUT2D eigenvalue weighted by Crippen LogP contribution is -2.20. The smallest absolute Gasteiger partial charge is 0.133 e. The first-order valence-corrected chi connectivity index (χ1v) is 7.92. The molecule has 2 aromatic heterocycles. The van der Waals surface area contributed by atoms with Crippen molar-refractivity contribution in [3.63, 3.8) is 0 Å². The predicted molar refractivity (Wildman–Crippen MR) is 90.9 cm³/mol. The zero-order valence-corrected chi connectivity index (χ0v) is 13.2. The lowest BCUT2D eigenvalue weighted by atomic mass is 10.1. The van der Waals surface area contributed by atoms with Gasteiger partial charge in [-0.05, 0) is 30.6 Å². The Morgan fingerprint density at radius 1 is 1.19 bits per heavy atom. The van der Waals surface area contributed by atoms with Gasteiger partial charge in [-0.15, -0.1) is 11.3 Å². The molecule has 0 radical (unpaired) electrons. The van der Waals surface area contributed by atoms with Crippen molar-refractivity contribution in [2.75, 3.05) is 19.0 Å². The molecule has 1 N–H and O–H groups in total. The van der Waals surface area contributed by atoms with Crippen LogP contribution >= 0.6 is 11.3 Å². The molecule has 3 rings (SSSR count). The van der Waals surface area contributed by atoms with Crippen LogP contribution in [0.25, 0.3) is 10.9 Å². The van der Waals surface area contributed by atoms with Crippen LogP contribution in [0.2, 0.25) is 0 Å². The number of hydrogen-bond donors (Lipinski definition) is 1. The Morgan fingerprint density at radius 3 is 2.81 bits per heavy atom. The third kappa shape index (κ3) is 3.06. The molecule has 0 saturated heterocycles. The van der Waals surface area contributed by atoms with E-state index in [1.807, 2.05) is 13.1 Å². The second kappa shape index (κ2) is 6.24. The fraction of sp³-hybridized carbons (Fsp3) is 0.235. The van der Waals surface area contributed by atoms with E-state index in [0.29, 0.717) is 0 Å². The standard InChI is InChI=1S/C17H19N3S/c1-18-11-14-10-13-6-3-4-8-16(13)19-17(14)20(2)12-15-7-5-9-21-15/h3-10,18H,11-12H2,1-2H3. The maximum absolute atomic E-state index is 4.86. The molecule has 0 aliphatic carbocycles. The Hall–Kier alpha value is -1.91. The third-order valence-corrected chi connectivity index (χ3v) is 4.34. The number of hydrogen-bond acceptors (Lipinski definition) is 4. The monoisotopic (exact) mass is 297 g/mol. The molecule has 0 unspecified atom stereocenters. The van der Waals surface area contributed by atoms with Crippen molar-refractivity contribution in [3.05, 3.63) is 58.3 Å². The number of thiophene rings is 1. The Balaban J connectivity index is 1.99. The van der Waals surface area contributed by atoms with E-state index in [9.17, 15) is 0 Å². The van der Waals surface area contributed by atoms with Crippen molar-refractivity contribution in [2.24, 2.45) is 0 Å². The van der Waals surface area contributed by atoms with E-state index in [4.69, 9.17) is 4.98 Å². The SMILES string of the molecule is CNCc1cc2ccccc2nc1N(C)Cc1cccs1. The molecular weight excluding hydrogens is 278 g/mol. The molecule has 0 aliphatic rings. The molecule has 0 atom stereocenters. The van der Waals surface area contributed by atoms with Gasteiger partial charge in [-0.2, -0.15) is 0 Å². The molecule has 0 amide bonds. The number of rotatable bonds is 5. The molecule has 0 bridgehead atoms. The topological polar surface area (TPSA) is 28.2 Å². The summed E-state index contributed by atoms with van der Waals surface area (Å²) in [5.41, 5.74) is 2.28. The minimum atomic E-state index is 0.821. The zero-order chi connectivity index (χ0) is 14.7. The van der Waals surface area contributed by atoms with Gasteiger partial charge in [0.15, 0.2) is 0 Å². The van der Waals surface area contributed by atoms with Gasteiger partial charge in [-0.3, -0.25) is 0 Å². The second-order valence-corrected chi connectivity index (χ2v) is 6.16. The molecule has 0 saturated carbocycles. The van der Waals surface area contributed by atoms with E-state index in [0.717, 1.165) is 24.4 Å². The maximum atomic E-state index is 4.86. The van der Waals surface area contributed by atoms with Crippen molar-refractivity contribution >= 4 is 28.1 Å². The number of pyridine rings is 1. The second-order valence-electron chi connectivity index (χ2n) is 5.13. The Morgan fingerprint density at radius 2 is 2.05 bits per heavy atom. The normalized spacial score (nSPS) is 11.0. The quantitative estimate of drug-likeness (QED) is 0.779. The summed E-state index contributed by atoms with van der Waals surface area (Å²) in [5.74, 6) is 1.05. The van der Waals surface area contributed by atoms with E-state index in [-0.39, 0.29) is 0 Å². The van der Waals surface area contributed by atoms with Crippen LogP contribution in [0.4, 0.5) is 5.82 Å². The molecule has 0 spiro atoms. The Kier molecular flexibility index (Phi) is 4.18. The van der Waals surface area contributed by atoms with Crippen LogP contribution in [0.15, 0.2) is 47.8 Å². The molecule has 4 heteroatoms. The van der Waals surface area contributed by atoms with Gasteiger partial charge in [0.2, 0.25) is 0 Å². The van der Waals surface area contributed by atoms with E-state index >= 15 is 0 Å². The number of nitrogens with zero attached hydrogens (tertiary/aromatic N) is 2. The van der Waals surface area contributed by atoms with E-state index < -0.39 is 0 Å². The van der Waals surface area contributed by atoms with Crippen molar-refractivity contribution in [1.29, 1.82) is 0 Å². The number of para-hydroxylation sites is 1. The predicted octanol–water partition coefficient (Wildman–Crippen LogP) is 3.65. The molecule has 2 heterocycles. The first kappa shape index (κ1) is 14.0. The summed E-state index contributed by atoms with van der Waals surface area (Å²) >= 11 is 1.78. The van der Waals surface area contributed by atoms with Gasteiger partial charge in [0.05, 0.1) is 12.1 Å². The van der Waals surface area contributed by atoms with E-state index in [1.165, 1.54) is 15.8 Å². The lowest BCUT2D eigenvalue weighted by molar-refractivity contribution is 0.800. The molecule has 0 fully saturated rings. The summed E-state index contributed by atoms with van der Waals surface area (Å²) in [5, 5.41) is 6.55. The number of aromatic nitrogens is 1. The largest absolute Gasteiger partial charge is 0.354 e. The van der Waals surface area contributed by atoms with Crippen molar-refractivity contribution in [3.8, 4) is 0 Å². The summed E-state index contributed by atoms with van der Waals surface area (Å²) in [6.07, 6.45) is 0. The summed E-state index contributed by atoms with van der Waals surface area (Å²) in [6, 6.07) is 14.8. The third-order valence-electron chi connectivity index (χ3n) is 3.48. The van der Waals surface area contributed by atoms with Gasteiger partial charge < -0.3 is 10.2 Å². The van der Waals surface area contributed by atoms with Crippen LogP contribution in [0.5, 0.6) is 0 Å². The van der Waals surface area contributed by atoms with Gasteiger partial charge in [0.25, 0.3) is 0 Å². The molecule has 3 aromatic rings. The lowest BCUT2D eigenvalue weighted by Gasteiger charge is -2.21. The van der Waals surface area contributed by atoms with Gasteiger partial charge in [0, 0.05) is 29.4 Å². The van der Waals surface area contributed by atoms with Gasteiger partial charge in [-0.25, -0.2) is 4.98 Å². The minimum Gasteiger partial charge on any atom is -0.354 e. The first-order valence-electron chi connectivity index (χ1n) is 7.04. The summed E-state index contributed by atoms with van der Waals surface area (Å²) < 4.78 is 0. The number of nitrogens with one attached hydrogen (secondary N) is 1. The minimum absolute atomic E-state index is 0.821. The molecule has 3 nitrogen and oxygen atoms in total. The van der Waals surface area contributed by atoms with Crippen LogP contribution in [0.1, 0.15) is 10.4 Å². The molecule has 1 aromatic carbocycles. The number of fused-ring (bicyclic) bond motifs is 1. The van der Waals surface area contributed by atoms with Crippen molar-refractivity contribution < 1.29 is 0 Å². The van der Waals surface area contributed by atoms with Gasteiger partial charge in [-0.1, -0.05) is 24.3 Å².